The lowest BCUT2D eigenvalue weighted by molar-refractivity contribution is 0.462. The van der Waals surface area contributed by atoms with Crippen molar-refractivity contribution in [2.45, 2.75) is 6.92 Å². The van der Waals surface area contributed by atoms with E-state index < -0.39 is 0 Å². The number of hydrogen-bond donors (Lipinski definition) is 3. The lowest BCUT2D eigenvalue weighted by atomic mass is 10.2. The molecule has 0 fully saturated rings. The molecule has 0 aliphatic rings. The van der Waals surface area contributed by atoms with Crippen LogP contribution in [0.4, 0.5) is 0 Å². The quantitative estimate of drug-likeness (QED) is 0.447. The van der Waals surface area contributed by atoms with Gasteiger partial charge in [0.05, 0.1) is 5.71 Å². The highest BCUT2D eigenvalue weighted by atomic mass is 32.1. The van der Waals surface area contributed by atoms with E-state index in [0.29, 0.717) is 11.4 Å². The van der Waals surface area contributed by atoms with Crippen molar-refractivity contribution in [3.8, 4) is 17.8 Å². The van der Waals surface area contributed by atoms with Gasteiger partial charge in [0.25, 0.3) is 0 Å². The predicted octanol–water partition coefficient (Wildman–Crippen LogP) is 1.25. The van der Waals surface area contributed by atoms with Gasteiger partial charge >= 0.3 is 0 Å². The first-order valence-electron chi connectivity index (χ1n) is 8.37. The molecule has 0 saturated carbocycles. The lowest BCUT2D eigenvalue weighted by Crippen LogP contribution is -2.33. The van der Waals surface area contributed by atoms with E-state index in [1.165, 1.54) is 4.57 Å². The minimum Gasteiger partial charge on any atom is -0.493 e. The number of aromatic nitrogens is 2. The molecule has 29 heavy (non-hydrogen) atoms. The molecular formula is C20H15N7OS. The number of aliphatic hydroxyl groups is 1. The molecule has 0 spiro atoms. The highest BCUT2D eigenvalue weighted by Crippen LogP contribution is 2.03. The van der Waals surface area contributed by atoms with E-state index in [0.717, 1.165) is 16.9 Å². The number of rotatable bonds is 4. The molecule has 142 valence electrons. The first kappa shape index (κ1) is 19.5. The van der Waals surface area contributed by atoms with E-state index in [1.807, 2.05) is 18.2 Å². The number of benzene rings is 1. The summed E-state index contributed by atoms with van der Waals surface area (Å²) in [7, 11) is 0. The Kier molecular flexibility index (Phi) is 5.83. The van der Waals surface area contributed by atoms with Crippen molar-refractivity contribution in [1.82, 2.24) is 15.0 Å². The third-order valence-corrected chi connectivity index (χ3v) is 5.11. The summed E-state index contributed by atoms with van der Waals surface area (Å²) in [4.78, 5) is 3.95. The molecule has 3 N–H and O–H groups in total. The van der Waals surface area contributed by atoms with Crippen LogP contribution in [0.5, 0.6) is 0 Å². The van der Waals surface area contributed by atoms with Gasteiger partial charge in [0.15, 0.2) is 11.1 Å². The SMILES string of the molecule is C/C(=N\N/C(O)=c1\sc(=C(C#N)C#N)n(-c2ccccc2)c1=N)c1ccncc1. The summed E-state index contributed by atoms with van der Waals surface area (Å²) in [5.74, 6) is -0.348. The predicted molar refractivity (Wildman–Crippen MR) is 109 cm³/mol. The molecule has 0 aliphatic heterocycles. The van der Waals surface area contributed by atoms with E-state index in [4.69, 9.17) is 5.41 Å². The van der Waals surface area contributed by atoms with E-state index in [2.05, 4.69) is 15.5 Å². The number of thiazole rings is 1. The molecule has 0 radical (unpaired) electrons. The largest absolute Gasteiger partial charge is 0.493 e. The zero-order valence-electron chi connectivity index (χ0n) is 15.3. The van der Waals surface area contributed by atoms with Crippen molar-refractivity contribution in [3.63, 3.8) is 0 Å². The standard InChI is InChI=1S/C20H15N7OS/c1-13(14-7-9-24-10-8-14)25-26-19(28)17-18(23)27(16-5-3-2-4-6-16)20(29-17)15(11-21)12-22/h2-10,23,26,28H,1H3/b19-17+,23-18?,25-13+. The summed E-state index contributed by atoms with van der Waals surface area (Å²) >= 11 is 0.958. The molecule has 1 aromatic carbocycles. The van der Waals surface area contributed by atoms with Gasteiger partial charge in [0.2, 0.25) is 5.88 Å². The molecule has 3 aromatic rings. The monoisotopic (exact) mass is 401 g/mol. The minimum absolute atomic E-state index is 0.0686. The second-order valence-electron chi connectivity index (χ2n) is 5.75. The Morgan fingerprint density at radius 1 is 1.17 bits per heavy atom. The lowest BCUT2D eigenvalue weighted by Gasteiger charge is -2.03. The maximum Gasteiger partial charge on any atom is 0.226 e. The molecule has 0 aliphatic carbocycles. The van der Waals surface area contributed by atoms with E-state index in [1.54, 1.807) is 55.7 Å². The fraction of sp³-hybridized carbons (Fsp3) is 0.0500. The summed E-state index contributed by atoms with van der Waals surface area (Å²) in [6.45, 7) is 1.76. The Bertz CT molecular complexity index is 1310. The van der Waals surface area contributed by atoms with Crippen LogP contribution in [0.15, 0.2) is 60.0 Å². The third kappa shape index (κ3) is 4.05. The van der Waals surface area contributed by atoms with Crippen LogP contribution in [0.1, 0.15) is 12.5 Å². The zero-order valence-corrected chi connectivity index (χ0v) is 16.1. The molecule has 8 nitrogen and oxygen atoms in total. The van der Waals surface area contributed by atoms with Crippen LogP contribution in [0.3, 0.4) is 0 Å². The Labute approximate surface area is 169 Å². The molecule has 0 atom stereocenters. The van der Waals surface area contributed by atoms with Crippen LogP contribution in [-0.2, 0) is 0 Å². The number of nitrogens with zero attached hydrogens (tertiary/aromatic N) is 5. The van der Waals surface area contributed by atoms with Gasteiger partial charge in [0.1, 0.15) is 21.3 Å². The average molecular weight is 401 g/mol. The number of aliphatic hydroxyl groups excluding tert-OH is 1. The molecule has 0 saturated heterocycles. The van der Waals surface area contributed by atoms with E-state index in [9.17, 15) is 15.6 Å². The number of nitrogens with one attached hydrogen (secondary N) is 2. The van der Waals surface area contributed by atoms with Gasteiger partial charge in [0, 0.05) is 23.6 Å². The maximum absolute atomic E-state index is 10.5. The maximum atomic E-state index is 10.5. The van der Waals surface area contributed by atoms with Crippen LogP contribution in [0.2, 0.25) is 0 Å². The van der Waals surface area contributed by atoms with Gasteiger partial charge in [-0.1, -0.05) is 18.2 Å². The van der Waals surface area contributed by atoms with Crippen LogP contribution in [0.25, 0.3) is 17.1 Å². The van der Waals surface area contributed by atoms with Crippen molar-refractivity contribution in [2.75, 3.05) is 0 Å². The molecule has 3 rings (SSSR count). The van der Waals surface area contributed by atoms with Crippen LogP contribution < -0.4 is 20.1 Å². The molecule has 0 bridgehead atoms. The first-order chi connectivity index (χ1) is 14.1. The highest BCUT2D eigenvalue weighted by molar-refractivity contribution is 7.07. The number of pyridine rings is 1. The second kappa shape index (κ2) is 8.65. The Morgan fingerprint density at radius 3 is 2.45 bits per heavy atom. The molecule has 0 amide bonds. The van der Waals surface area contributed by atoms with Crippen LogP contribution in [-0.4, -0.2) is 20.4 Å². The van der Waals surface area contributed by atoms with Gasteiger partial charge < -0.3 is 5.11 Å². The normalized spacial score (nSPS) is 11.9. The summed E-state index contributed by atoms with van der Waals surface area (Å²) < 4.78 is 1.85. The molecule has 9 heteroatoms. The van der Waals surface area contributed by atoms with Gasteiger partial charge in [-0.15, -0.1) is 11.3 Å². The summed E-state index contributed by atoms with van der Waals surface area (Å²) in [5.41, 5.74) is 4.36. The number of para-hydroxylation sites is 1. The van der Waals surface area contributed by atoms with Crippen molar-refractivity contribution in [3.05, 3.63) is 75.1 Å². The van der Waals surface area contributed by atoms with Gasteiger partial charge in [-0.3, -0.25) is 15.0 Å². The molecule has 2 aromatic heterocycles. The average Bonchev–Trinajstić information content (AvgIpc) is 3.11. The first-order valence-corrected chi connectivity index (χ1v) is 9.18. The molecular weight excluding hydrogens is 386 g/mol. The zero-order chi connectivity index (χ0) is 20.8. The van der Waals surface area contributed by atoms with E-state index in [-0.39, 0.29) is 26.1 Å². The topological polar surface area (TPSA) is 134 Å². The van der Waals surface area contributed by atoms with Crippen molar-refractivity contribution in [1.29, 1.82) is 15.9 Å². The van der Waals surface area contributed by atoms with Crippen molar-refractivity contribution in [2.24, 2.45) is 5.10 Å². The Morgan fingerprint density at radius 2 is 1.83 bits per heavy atom. The fourth-order valence-electron chi connectivity index (χ4n) is 2.51. The van der Waals surface area contributed by atoms with Gasteiger partial charge in [-0.05, 0) is 31.2 Å². The smallest absolute Gasteiger partial charge is 0.226 e. The number of hydrogen-bond acceptors (Lipinski definition) is 8. The number of hydrazone groups is 1. The summed E-state index contributed by atoms with van der Waals surface area (Å²) in [5, 5.41) is 41.7. The van der Waals surface area contributed by atoms with Crippen molar-refractivity contribution >= 4 is 28.5 Å². The van der Waals surface area contributed by atoms with E-state index >= 15 is 0 Å². The van der Waals surface area contributed by atoms with Crippen molar-refractivity contribution < 1.29 is 5.11 Å². The Balaban J connectivity index is 2.19. The number of nitriles is 2. The minimum atomic E-state index is -0.348. The molecule has 2 heterocycles. The van der Waals surface area contributed by atoms with Crippen LogP contribution in [0, 0.1) is 28.1 Å². The van der Waals surface area contributed by atoms with Gasteiger partial charge in [-0.2, -0.15) is 15.6 Å². The summed E-state index contributed by atoms with van der Waals surface area (Å²) in [6.07, 6.45) is 3.27. The van der Waals surface area contributed by atoms with Crippen LogP contribution >= 0.6 is 11.3 Å². The Hall–Kier alpha value is -4.21. The van der Waals surface area contributed by atoms with Gasteiger partial charge in [-0.25, -0.2) is 5.43 Å². The second-order valence-corrected chi connectivity index (χ2v) is 6.75. The highest BCUT2D eigenvalue weighted by Gasteiger charge is 2.11. The third-order valence-electron chi connectivity index (χ3n) is 3.94. The summed E-state index contributed by atoms with van der Waals surface area (Å²) in [6, 6.07) is 16.1. The fourth-order valence-corrected chi connectivity index (χ4v) is 3.51. The molecule has 0 unspecified atom stereocenters.